The fraction of sp³-hybridized carbons (Fsp3) is 0.375. The molecule has 6 heteroatoms. The van der Waals surface area contributed by atoms with E-state index in [4.69, 9.17) is 9.47 Å². The number of halogens is 1. The molecule has 0 bridgehead atoms. The van der Waals surface area contributed by atoms with Gasteiger partial charge in [0.2, 0.25) is 0 Å². The number of methoxy groups -OCH3 is 1. The zero-order valence-electron chi connectivity index (χ0n) is 12.4. The Hall–Kier alpha value is -1.66. The number of nitrogens with zero attached hydrogens (tertiary/aromatic N) is 3. The normalized spacial score (nSPS) is 18.4. The molecule has 1 saturated heterocycles. The van der Waals surface area contributed by atoms with Gasteiger partial charge < -0.3 is 9.47 Å². The fourth-order valence-corrected chi connectivity index (χ4v) is 3.00. The van der Waals surface area contributed by atoms with Crippen molar-refractivity contribution in [3.63, 3.8) is 0 Å². The molecule has 1 aliphatic heterocycles. The Kier molecular flexibility index (Phi) is 4.90. The zero-order valence-corrected chi connectivity index (χ0v) is 14.0. The van der Waals surface area contributed by atoms with Gasteiger partial charge in [0.25, 0.3) is 0 Å². The Morgan fingerprint density at radius 3 is 2.86 bits per heavy atom. The summed E-state index contributed by atoms with van der Waals surface area (Å²) in [5, 5.41) is 0. The van der Waals surface area contributed by atoms with E-state index >= 15 is 0 Å². The quantitative estimate of drug-likeness (QED) is 0.817. The Morgan fingerprint density at radius 1 is 1.32 bits per heavy atom. The van der Waals surface area contributed by atoms with E-state index in [1.165, 1.54) is 5.56 Å². The molecule has 1 aromatic carbocycles. The van der Waals surface area contributed by atoms with Crippen molar-refractivity contribution in [3.05, 3.63) is 46.7 Å². The molecule has 22 heavy (non-hydrogen) atoms. The first-order valence-electron chi connectivity index (χ1n) is 7.22. The van der Waals surface area contributed by atoms with Crippen LogP contribution in [0.15, 0.2) is 41.1 Å². The minimum Gasteiger partial charge on any atom is -0.494 e. The van der Waals surface area contributed by atoms with Crippen molar-refractivity contribution in [1.29, 1.82) is 0 Å². The molecule has 0 saturated carbocycles. The molecule has 5 nitrogen and oxygen atoms in total. The molecule has 3 rings (SSSR count). The number of hydrogen-bond acceptors (Lipinski definition) is 5. The first-order valence-corrected chi connectivity index (χ1v) is 8.02. The van der Waals surface area contributed by atoms with E-state index in [-0.39, 0.29) is 6.10 Å². The molecule has 0 amide bonds. The van der Waals surface area contributed by atoms with Gasteiger partial charge in [0.1, 0.15) is 6.10 Å². The molecule has 1 aromatic heterocycles. The van der Waals surface area contributed by atoms with Gasteiger partial charge in [0.15, 0.2) is 5.75 Å². The second-order valence-corrected chi connectivity index (χ2v) is 6.21. The molecule has 0 radical (unpaired) electrons. The lowest BCUT2D eigenvalue weighted by Crippen LogP contribution is -2.25. The van der Waals surface area contributed by atoms with Gasteiger partial charge in [-0.1, -0.05) is 28.1 Å². The number of benzene rings is 1. The maximum atomic E-state index is 5.84. The predicted molar refractivity (Wildman–Crippen MR) is 87.0 cm³/mol. The van der Waals surface area contributed by atoms with E-state index < -0.39 is 0 Å². The lowest BCUT2D eigenvalue weighted by atomic mass is 10.2. The maximum Gasteiger partial charge on any atom is 0.316 e. The number of likely N-dealkylation sites (tertiary alicyclic amines) is 1. The van der Waals surface area contributed by atoms with Crippen LogP contribution in [0.25, 0.3) is 0 Å². The van der Waals surface area contributed by atoms with E-state index in [9.17, 15) is 0 Å². The van der Waals surface area contributed by atoms with Gasteiger partial charge in [-0.25, -0.2) is 0 Å². The lowest BCUT2D eigenvalue weighted by molar-refractivity contribution is 0.183. The molecule has 1 atom stereocenters. The number of hydrogen-bond donors (Lipinski definition) is 0. The van der Waals surface area contributed by atoms with Crippen molar-refractivity contribution >= 4 is 15.9 Å². The molecule has 1 fully saturated rings. The van der Waals surface area contributed by atoms with Crippen LogP contribution < -0.4 is 9.47 Å². The Balaban J connectivity index is 1.53. The number of rotatable bonds is 5. The highest BCUT2D eigenvalue weighted by atomic mass is 79.9. The van der Waals surface area contributed by atoms with Crippen LogP contribution in [0.5, 0.6) is 11.8 Å². The van der Waals surface area contributed by atoms with Crippen LogP contribution in [0.4, 0.5) is 0 Å². The first kappa shape index (κ1) is 15.2. The van der Waals surface area contributed by atoms with Gasteiger partial charge in [-0.15, -0.1) is 0 Å². The highest BCUT2D eigenvalue weighted by molar-refractivity contribution is 9.10. The van der Waals surface area contributed by atoms with Crippen LogP contribution >= 0.6 is 15.9 Å². The van der Waals surface area contributed by atoms with Crippen molar-refractivity contribution < 1.29 is 9.47 Å². The molecule has 2 aromatic rings. The smallest absolute Gasteiger partial charge is 0.316 e. The van der Waals surface area contributed by atoms with Crippen molar-refractivity contribution in [3.8, 4) is 11.8 Å². The summed E-state index contributed by atoms with van der Waals surface area (Å²) in [5.41, 5.74) is 1.30. The third-order valence-corrected chi connectivity index (χ3v) is 4.13. The lowest BCUT2D eigenvalue weighted by Gasteiger charge is -2.16. The van der Waals surface area contributed by atoms with Gasteiger partial charge in [0, 0.05) is 24.1 Å². The second kappa shape index (κ2) is 7.07. The van der Waals surface area contributed by atoms with Crippen molar-refractivity contribution in [2.45, 2.75) is 19.1 Å². The predicted octanol–water partition coefficient (Wildman–Crippen LogP) is 2.90. The highest BCUT2D eigenvalue weighted by Crippen LogP contribution is 2.19. The molecule has 1 aliphatic rings. The summed E-state index contributed by atoms with van der Waals surface area (Å²) in [6.45, 7) is 2.85. The van der Waals surface area contributed by atoms with Gasteiger partial charge >= 0.3 is 6.01 Å². The van der Waals surface area contributed by atoms with E-state index in [1.54, 1.807) is 19.5 Å². The third-order valence-electron chi connectivity index (χ3n) is 3.64. The van der Waals surface area contributed by atoms with Crippen molar-refractivity contribution in [1.82, 2.24) is 14.9 Å². The molecule has 116 valence electrons. The van der Waals surface area contributed by atoms with Crippen LogP contribution in [0.3, 0.4) is 0 Å². The average molecular weight is 364 g/mol. The largest absolute Gasteiger partial charge is 0.494 e. The van der Waals surface area contributed by atoms with Gasteiger partial charge in [-0.2, -0.15) is 9.97 Å². The molecule has 2 heterocycles. The summed E-state index contributed by atoms with van der Waals surface area (Å²) in [6, 6.07) is 8.82. The van der Waals surface area contributed by atoms with Gasteiger partial charge in [-0.3, -0.25) is 4.90 Å². The minimum absolute atomic E-state index is 0.139. The summed E-state index contributed by atoms with van der Waals surface area (Å²) < 4.78 is 12.0. The highest BCUT2D eigenvalue weighted by Gasteiger charge is 2.24. The second-order valence-electron chi connectivity index (χ2n) is 5.30. The SMILES string of the molecule is COc1cnc(OC2CCN(Cc3cccc(Br)c3)C2)nc1. The Labute approximate surface area is 138 Å². The average Bonchev–Trinajstić information content (AvgIpc) is 2.95. The van der Waals surface area contributed by atoms with Gasteiger partial charge in [0.05, 0.1) is 19.5 Å². The monoisotopic (exact) mass is 363 g/mol. The van der Waals surface area contributed by atoms with E-state index in [0.29, 0.717) is 11.8 Å². The minimum atomic E-state index is 0.139. The molecule has 0 spiro atoms. The topological polar surface area (TPSA) is 47.5 Å². The standard InChI is InChI=1S/C16H18BrN3O2/c1-21-15-8-18-16(19-9-15)22-14-5-6-20(11-14)10-12-3-2-4-13(17)7-12/h2-4,7-9,14H,5-6,10-11H2,1H3. The van der Waals surface area contributed by atoms with E-state index in [2.05, 4.69) is 49.0 Å². The van der Waals surface area contributed by atoms with Crippen molar-refractivity contribution in [2.75, 3.05) is 20.2 Å². The Bertz CT molecular complexity index is 621. The zero-order chi connectivity index (χ0) is 15.4. The molecule has 1 unspecified atom stereocenters. The summed E-state index contributed by atoms with van der Waals surface area (Å²) in [6.07, 6.45) is 4.37. The van der Waals surface area contributed by atoms with Crippen LogP contribution in [0.1, 0.15) is 12.0 Å². The summed E-state index contributed by atoms with van der Waals surface area (Å²) >= 11 is 3.51. The summed E-state index contributed by atoms with van der Waals surface area (Å²) in [5.74, 6) is 0.634. The number of aromatic nitrogens is 2. The van der Waals surface area contributed by atoms with Crippen LogP contribution in [-0.4, -0.2) is 41.2 Å². The molecule has 0 N–H and O–H groups in total. The van der Waals surface area contributed by atoms with Crippen LogP contribution in [0.2, 0.25) is 0 Å². The molecular weight excluding hydrogens is 346 g/mol. The van der Waals surface area contributed by atoms with Crippen molar-refractivity contribution in [2.24, 2.45) is 0 Å². The Morgan fingerprint density at radius 2 is 2.14 bits per heavy atom. The number of ether oxygens (including phenoxy) is 2. The summed E-state index contributed by atoms with van der Waals surface area (Å²) in [7, 11) is 1.59. The van der Waals surface area contributed by atoms with Crippen LogP contribution in [-0.2, 0) is 6.54 Å². The van der Waals surface area contributed by atoms with E-state index in [0.717, 1.165) is 30.5 Å². The fourth-order valence-electron chi connectivity index (χ4n) is 2.55. The van der Waals surface area contributed by atoms with Gasteiger partial charge in [-0.05, 0) is 24.1 Å². The maximum absolute atomic E-state index is 5.84. The molecule has 0 aliphatic carbocycles. The third kappa shape index (κ3) is 3.96. The first-order chi connectivity index (χ1) is 10.7. The summed E-state index contributed by atoms with van der Waals surface area (Å²) in [4.78, 5) is 10.7. The van der Waals surface area contributed by atoms with E-state index in [1.807, 2.05) is 6.07 Å². The molecular formula is C16H18BrN3O2. The van der Waals surface area contributed by atoms with Crippen LogP contribution in [0, 0.1) is 0 Å².